The fraction of sp³-hybridized carbons (Fsp3) is 0.121. The number of pyridine rings is 5. The number of anilines is 1. The van der Waals surface area contributed by atoms with Crippen LogP contribution in [0.2, 0.25) is 0 Å². The molecule has 8 nitrogen and oxygen atoms in total. The van der Waals surface area contributed by atoms with E-state index in [1.165, 1.54) is 19.9 Å². The molecular formula is C66H51F10Ir5N6O2-5. The third-order valence-electron chi connectivity index (χ3n) is 10.9. The zero-order chi connectivity index (χ0) is 61.6. The van der Waals surface area contributed by atoms with Gasteiger partial charge in [-0.05, 0) is 99.8 Å². The maximum atomic E-state index is 13.5. The first-order chi connectivity index (χ1) is 39.9. The van der Waals surface area contributed by atoms with Crippen LogP contribution in [0.25, 0.3) is 56.3 Å². The fourth-order valence-corrected chi connectivity index (χ4v) is 7.04. The number of ketones is 1. The SMILES string of the molecule is CC(=O)C=C(C)O.CN(C)c1ccnc(-c2[c-]cc(F)cc2F)c1.Cc1ccc(-c2[c-]cc(F)cc2F)nc1.Cc1cccc(-c2[c-]cc(F)cc2F)n1.Cc1cccnc1-c1[c-]cc(F)cc1F.Cc1ccnc(-c2[c-]cc(F)cc2F)c1.[Ir].[Ir].[Ir].[Ir].[Ir]. The van der Waals surface area contributed by atoms with Crippen molar-refractivity contribution in [3.8, 4) is 56.3 Å². The van der Waals surface area contributed by atoms with Crippen molar-refractivity contribution in [2.75, 3.05) is 19.0 Å². The smallest absolute Gasteiger partial charge is 0.155 e. The van der Waals surface area contributed by atoms with Crippen LogP contribution < -0.4 is 4.90 Å². The van der Waals surface area contributed by atoms with Gasteiger partial charge in [-0.25, -0.2) is 0 Å². The third-order valence-corrected chi connectivity index (χ3v) is 10.9. The molecule has 5 aromatic heterocycles. The third kappa shape index (κ3) is 27.2. The second-order valence-electron chi connectivity index (χ2n) is 18.2. The van der Waals surface area contributed by atoms with Crippen molar-refractivity contribution < 1.29 is 154 Å². The predicted molar refractivity (Wildman–Crippen MR) is 302 cm³/mol. The number of carbonyl (C=O) groups excluding carboxylic acids is 1. The molecule has 0 saturated heterocycles. The molecule has 0 aliphatic carbocycles. The Morgan fingerprint density at radius 1 is 0.449 bits per heavy atom. The number of aliphatic hydroxyl groups excluding tert-OH is 1. The number of aromatic nitrogens is 5. The number of hydrogen-bond acceptors (Lipinski definition) is 8. The van der Waals surface area contributed by atoms with E-state index in [1.54, 1.807) is 61.2 Å². The number of allylic oxidation sites excluding steroid dienone is 2. The summed E-state index contributed by atoms with van der Waals surface area (Å²) in [5.74, 6) is -6.48. The molecule has 0 aliphatic heterocycles. The van der Waals surface area contributed by atoms with E-state index in [2.05, 4.69) is 55.3 Å². The van der Waals surface area contributed by atoms with Crippen LogP contribution in [0, 0.1) is 116 Å². The van der Waals surface area contributed by atoms with Crippen LogP contribution in [0.5, 0.6) is 0 Å². The summed E-state index contributed by atoms with van der Waals surface area (Å²) in [5, 5.41) is 8.36. The number of halogens is 10. The number of aryl methyl sites for hydroxylation is 4. The molecule has 1 N–H and O–H groups in total. The van der Waals surface area contributed by atoms with Gasteiger partial charge in [0.05, 0.1) is 5.76 Å². The Bertz CT molecular complexity index is 3790. The topological polar surface area (TPSA) is 105 Å². The summed E-state index contributed by atoms with van der Waals surface area (Å²) in [4.78, 5) is 32.2. The maximum absolute atomic E-state index is 13.5. The summed E-state index contributed by atoms with van der Waals surface area (Å²) in [6.45, 7) is 10.2. The van der Waals surface area contributed by atoms with Gasteiger partial charge in [-0.15, -0.1) is 60.7 Å². The summed E-state index contributed by atoms with van der Waals surface area (Å²) in [6, 6.07) is 41.8. The first-order valence-electron chi connectivity index (χ1n) is 25.0. The number of nitrogens with zero attached hydrogens (tertiary/aromatic N) is 6. The molecular weight excluding hydrogens is 2060 g/mol. The second kappa shape index (κ2) is 40.9. The van der Waals surface area contributed by atoms with Crippen LogP contribution in [0.3, 0.4) is 0 Å². The van der Waals surface area contributed by atoms with Gasteiger partial charge in [0, 0.05) is 215 Å². The molecule has 0 bridgehead atoms. The molecule has 0 atom stereocenters. The number of benzene rings is 5. The van der Waals surface area contributed by atoms with E-state index in [0.717, 1.165) is 88.7 Å². The Labute approximate surface area is 577 Å². The maximum Gasteiger partial charge on any atom is 0.155 e. The van der Waals surface area contributed by atoms with Gasteiger partial charge in [0.25, 0.3) is 0 Å². The quantitative estimate of drug-likeness (QED) is 0.0728. The van der Waals surface area contributed by atoms with E-state index >= 15 is 0 Å². The van der Waals surface area contributed by atoms with E-state index in [-0.39, 0.29) is 140 Å². The molecule has 0 unspecified atom stereocenters. The molecule has 89 heavy (non-hydrogen) atoms. The molecule has 5 heterocycles. The predicted octanol–water partition coefficient (Wildman–Crippen LogP) is 16.5. The number of rotatable bonds is 7. The average molecular weight is 2110 g/mol. The molecule has 0 aliphatic rings. The standard InChI is InChI=1S/C13H11F2N2.4C12H8F2N.C5H8O2.5Ir/c1-17(2)10-5-6-16-13(8-10)11-4-3-9(14)7-12(11)15;1-8-2-5-12(15-7-8)10-4-3-9(13)6-11(10)14;1-8-4-5-15-12(6-8)10-3-2-9(13)7-11(10)14;1-8-3-2-6-15-12(8)10-5-4-9(13)7-11(10)14;1-8-3-2-4-12(15-8)10-6-5-9(13)7-11(10)14;1-4(6)3-5(2)7;;;;;/h3,5-8H,1-2H3;2-3,5-7H,1H3;2,4-7H,1H3;2-4,6-7H,1H3;2-5,7H,1H3;3,6H,1-2H3;;;;;/q5*-1;;;;;;. The normalized spacial score (nSPS) is 9.84. The van der Waals surface area contributed by atoms with Gasteiger partial charge in [-0.2, -0.15) is 0 Å². The molecule has 5 radical (unpaired) electrons. The summed E-state index contributed by atoms with van der Waals surface area (Å²) in [6.07, 6.45) is 7.54. The molecule has 0 amide bonds. The van der Waals surface area contributed by atoms with Gasteiger partial charge in [-0.3, -0.25) is 48.7 Å². The van der Waals surface area contributed by atoms with Crippen molar-refractivity contribution >= 4 is 11.5 Å². The van der Waals surface area contributed by atoms with Gasteiger partial charge in [-0.1, -0.05) is 112 Å². The summed E-state index contributed by atoms with van der Waals surface area (Å²) in [5.41, 5.74) is 7.75. The monoisotopic (exact) mass is 2110 g/mol. The number of aliphatic hydroxyl groups is 1. The van der Waals surface area contributed by atoms with Crippen LogP contribution >= 0.6 is 0 Å². The summed E-state index contributed by atoms with van der Waals surface area (Å²) < 4.78 is 130. The van der Waals surface area contributed by atoms with Gasteiger partial charge in [0.2, 0.25) is 0 Å². The van der Waals surface area contributed by atoms with Crippen LogP contribution in [0.15, 0.2) is 164 Å². The molecule has 0 fully saturated rings. The molecule has 10 rings (SSSR count). The van der Waals surface area contributed by atoms with Crippen molar-refractivity contribution in [1.82, 2.24) is 24.9 Å². The number of hydrogen-bond donors (Lipinski definition) is 1. The molecule has 0 saturated carbocycles. The minimum Gasteiger partial charge on any atom is -0.512 e. The van der Waals surface area contributed by atoms with Crippen LogP contribution in [0.1, 0.15) is 36.2 Å². The molecule has 10 aromatic rings. The molecule has 23 heteroatoms. The molecule has 0 spiro atoms. The van der Waals surface area contributed by atoms with Gasteiger partial charge in [0.15, 0.2) is 5.78 Å². The van der Waals surface area contributed by atoms with E-state index in [9.17, 15) is 48.7 Å². The van der Waals surface area contributed by atoms with Crippen molar-refractivity contribution in [2.45, 2.75) is 41.5 Å². The molecule has 477 valence electrons. The Morgan fingerprint density at radius 2 is 0.876 bits per heavy atom. The average Bonchev–Trinajstić information content (AvgIpc) is 3.10. The minimum absolute atomic E-state index is 0. The van der Waals surface area contributed by atoms with Crippen LogP contribution in [-0.4, -0.2) is 49.9 Å². The van der Waals surface area contributed by atoms with Crippen LogP contribution in [0.4, 0.5) is 49.6 Å². The van der Waals surface area contributed by atoms with Crippen molar-refractivity contribution in [2.24, 2.45) is 0 Å². The molecule has 5 aromatic carbocycles. The van der Waals surface area contributed by atoms with E-state index in [1.807, 2.05) is 77.0 Å². The van der Waals surface area contributed by atoms with E-state index in [0.29, 0.717) is 28.5 Å². The van der Waals surface area contributed by atoms with E-state index < -0.39 is 58.2 Å². The van der Waals surface area contributed by atoms with E-state index in [4.69, 9.17) is 5.11 Å². The van der Waals surface area contributed by atoms with Gasteiger partial charge in [0.1, 0.15) is 0 Å². The zero-order valence-electron chi connectivity index (χ0n) is 48.0. The minimum atomic E-state index is -0.659. The largest absolute Gasteiger partial charge is 0.512 e. The second-order valence-corrected chi connectivity index (χ2v) is 18.2. The Hall–Kier alpha value is -6.59. The number of carbonyl (C=O) groups is 1. The zero-order valence-corrected chi connectivity index (χ0v) is 60.0. The Kier molecular flexibility index (Phi) is 37.9. The van der Waals surface area contributed by atoms with Crippen molar-refractivity contribution in [3.05, 3.63) is 275 Å². The summed E-state index contributed by atoms with van der Waals surface area (Å²) in [7, 11) is 3.76. The van der Waals surface area contributed by atoms with Gasteiger partial charge < -0.3 is 34.9 Å². The first-order valence-corrected chi connectivity index (χ1v) is 25.0. The fourth-order valence-electron chi connectivity index (χ4n) is 7.04. The van der Waals surface area contributed by atoms with Crippen molar-refractivity contribution in [1.29, 1.82) is 0 Å². The first kappa shape index (κ1) is 82.4. The Balaban J connectivity index is 0.00000105. The Morgan fingerprint density at radius 3 is 1.25 bits per heavy atom. The summed E-state index contributed by atoms with van der Waals surface area (Å²) >= 11 is 0. The van der Waals surface area contributed by atoms with Crippen molar-refractivity contribution in [3.63, 3.8) is 0 Å². The van der Waals surface area contributed by atoms with Gasteiger partial charge >= 0.3 is 0 Å². The van der Waals surface area contributed by atoms with Crippen LogP contribution in [-0.2, 0) is 105 Å².